The number of aliphatic imine (C=N–C) groups is 1. The number of carbonyl (C=O) groups is 1. The number of hydrogen-bond acceptors (Lipinski definition) is 7. The Balaban J connectivity index is 2.18. The maximum atomic E-state index is 13.4. The van der Waals surface area contributed by atoms with E-state index in [1.54, 1.807) is 39.8 Å². The molecule has 1 heterocycles. The van der Waals surface area contributed by atoms with Crippen LogP contribution < -0.4 is 11.6 Å². The number of carbonyl (C=O) groups excluding carboxylic acids is 1. The Morgan fingerprint density at radius 1 is 1.38 bits per heavy atom. The monoisotopic (exact) mass is 423 g/mol. The van der Waals surface area contributed by atoms with Gasteiger partial charge in [0.15, 0.2) is 0 Å². The minimum absolute atomic E-state index is 0.187. The number of hydrazine groups is 1. The van der Waals surface area contributed by atoms with Gasteiger partial charge in [0.05, 0.1) is 0 Å². The van der Waals surface area contributed by atoms with Gasteiger partial charge < -0.3 is 10.5 Å². The molecule has 10 heteroatoms. The molecule has 9 nitrogen and oxygen atoms in total. The van der Waals surface area contributed by atoms with Gasteiger partial charge in [-0.05, 0) is 70.2 Å². The van der Waals surface area contributed by atoms with E-state index in [0.717, 1.165) is 21.9 Å². The van der Waals surface area contributed by atoms with Crippen LogP contribution in [0.5, 0.6) is 0 Å². The van der Waals surface area contributed by atoms with Gasteiger partial charge in [-0.3, -0.25) is 0 Å². The number of benzene rings is 1. The molecule has 1 aliphatic carbocycles. The van der Waals surface area contributed by atoms with Crippen molar-refractivity contribution in [3.05, 3.63) is 29.3 Å². The lowest BCUT2D eigenvalue weighted by Gasteiger charge is -2.43. The minimum Gasteiger partial charge on any atom is -0.442 e. The van der Waals surface area contributed by atoms with Crippen LogP contribution in [0.4, 0.5) is 10.5 Å². The number of anilines is 1. The number of nitrogens with two attached hydrogens (primary N) is 2. The number of amides is 1. The van der Waals surface area contributed by atoms with Crippen molar-refractivity contribution < 1.29 is 17.9 Å². The maximum Gasteiger partial charge on any atom is 0.431 e. The summed E-state index contributed by atoms with van der Waals surface area (Å²) in [6, 6.07) is 5.48. The van der Waals surface area contributed by atoms with Crippen molar-refractivity contribution in [2.24, 2.45) is 10.8 Å². The molecule has 3 rings (SSSR count). The minimum atomic E-state index is -3.84. The highest BCUT2D eigenvalue weighted by molar-refractivity contribution is 7.90. The van der Waals surface area contributed by atoms with Crippen molar-refractivity contribution in [3.63, 3.8) is 0 Å². The fourth-order valence-corrected chi connectivity index (χ4v) is 5.93. The van der Waals surface area contributed by atoms with Crippen molar-refractivity contribution in [1.82, 2.24) is 9.31 Å². The Bertz CT molecular complexity index is 969. The van der Waals surface area contributed by atoms with Crippen LogP contribution >= 0.6 is 0 Å². The van der Waals surface area contributed by atoms with Gasteiger partial charge in [-0.25, -0.2) is 28.4 Å². The zero-order valence-electron chi connectivity index (χ0n) is 17.5. The van der Waals surface area contributed by atoms with Crippen molar-refractivity contribution in [1.29, 1.82) is 0 Å². The molecule has 1 amide bonds. The molecule has 1 aromatic rings. The zero-order valence-corrected chi connectivity index (χ0v) is 18.3. The molecule has 4 N–H and O–H groups in total. The third-order valence-electron chi connectivity index (χ3n) is 5.38. The van der Waals surface area contributed by atoms with E-state index in [0.29, 0.717) is 23.5 Å². The van der Waals surface area contributed by atoms with Gasteiger partial charge in [-0.1, -0.05) is 6.07 Å². The van der Waals surface area contributed by atoms with E-state index in [1.807, 2.05) is 6.07 Å². The number of rotatable bonds is 0. The summed E-state index contributed by atoms with van der Waals surface area (Å²) >= 11 is 0. The molecule has 0 fully saturated rings. The Labute approximate surface area is 171 Å². The first-order chi connectivity index (χ1) is 13.3. The van der Waals surface area contributed by atoms with Crippen molar-refractivity contribution in [2.75, 3.05) is 12.8 Å². The lowest BCUT2D eigenvalue weighted by atomic mass is 9.86. The van der Waals surface area contributed by atoms with Crippen LogP contribution in [0.3, 0.4) is 0 Å². The van der Waals surface area contributed by atoms with Gasteiger partial charge in [-0.2, -0.15) is 5.01 Å². The fourth-order valence-electron chi connectivity index (χ4n) is 3.97. The van der Waals surface area contributed by atoms with E-state index >= 15 is 0 Å². The highest BCUT2D eigenvalue weighted by Crippen LogP contribution is 2.45. The molecule has 160 valence electrons. The summed E-state index contributed by atoms with van der Waals surface area (Å²) in [4.78, 5) is 17.2. The number of ether oxygens (including phenoxy) is 1. The molecule has 2 aliphatic rings. The highest BCUT2D eigenvalue weighted by atomic mass is 32.2. The Morgan fingerprint density at radius 2 is 2.03 bits per heavy atom. The number of fused-ring (bicyclic) bond motifs is 3. The quantitative estimate of drug-likeness (QED) is 0.284. The van der Waals surface area contributed by atoms with E-state index in [1.165, 1.54) is 7.05 Å². The first-order valence-corrected chi connectivity index (χ1v) is 11.0. The van der Waals surface area contributed by atoms with E-state index in [2.05, 4.69) is 0 Å². The van der Waals surface area contributed by atoms with Gasteiger partial charge in [-0.15, -0.1) is 0 Å². The maximum absolute atomic E-state index is 13.4. The third kappa shape index (κ3) is 3.66. The first kappa shape index (κ1) is 21.4. The van der Waals surface area contributed by atoms with E-state index in [4.69, 9.17) is 21.3 Å². The van der Waals surface area contributed by atoms with E-state index in [9.17, 15) is 13.2 Å². The van der Waals surface area contributed by atoms with Crippen LogP contribution in [0.15, 0.2) is 23.2 Å². The number of aryl methyl sites for hydroxylation is 1. The van der Waals surface area contributed by atoms with Gasteiger partial charge in [0.1, 0.15) is 16.4 Å². The van der Waals surface area contributed by atoms with Gasteiger partial charge in [0.25, 0.3) is 0 Å². The predicted molar refractivity (Wildman–Crippen MR) is 111 cm³/mol. The summed E-state index contributed by atoms with van der Waals surface area (Å²) < 4.78 is 33.1. The summed E-state index contributed by atoms with van der Waals surface area (Å²) in [5.41, 5.74) is 6.33. The van der Waals surface area contributed by atoms with Crippen LogP contribution in [0.2, 0.25) is 0 Å². The van der Waals surface area contributed by atoms with Gasteiger partial charge in [0.2, 0.25) is 16.0 Å². The number of nitrogens with zero attached hydrogens (tertiary/aromatic N) is 3. The van der Waals surface area contributed by atoms with Crippen molar-refractivity contribution in [3.8, 4) is 0 Å². The third-order valence-corrected chi connectivity index (χ3v) is 7.72. The van der Waals surface area contributed by atoms with Crippen LogP contribution in [-0.4, -0.2) is 47.7 Å². The topological polar surface area (TPSA) is 131 Å². The summed E-state index contributed by atoms with van der Waals surface area (Å²) in [6.45, 7) is 6.85. The van der Waals surface area contributed by atoms with Crippen molar-refractivity contribution in [2.45, 2.75) is 63.3 Å². The Hall–Kier alpha value is -2.33. The van der Waals surface area contributed by atoms with E-state index in [-0.39, 0.29) is 5.96 Å². The molecule has 29 heavy (non-hydrogen) atoms. The summed E-state index contributed by atoms with van der Waals surface area (Å²) in [5, 5.41) is -0.139. The molecule has 1 aromatic carbocycles. The molecule has 0 unspecified atom stereocenters. The number of nitrogen functional groups attached to an aromatic ring is 1. The molecule has 2 atom stereocenters. The van der Waals surface area contributed by atoms with Crippen molar-refractivity contribution >= 4 is 27.8 Å². The highest BCUT2D eigenvalue weighted by Gasteiger charge is 2.53. The molecule has 0 aromatic heterocycles. The second-order valence-corrected chi connectivity index (χ2v) is 10.9. The standard InChI is InChI=1S/C19H29N5O4S/c1-18(2,3)28-17(25)24(21)16-22-19(4)14-11-13(20)10-9-12(14)7-6-8-15(19)29(26,27)23(16)5/h9-11,15H,6-8,20-21H2,1-5H3/t15-,19-/m1/s1. The second-order valence-electron chi connectivity index (χ2n) is 8.72. The van der Waals surface area contributed by atoms with Crippen LogP contribution in [-0.2, 0) is 26.7 Å². The van der Waals surface area contributed by atoms with Gasteiger partial charge in [0, 0.05) is 12.7 Å². The van der Waals surface area contributed by atoms with E-state index < -0.39 is 32.5 Å². The smallest absolute Gasteiger partial charge is 0.431 e. The largest absolute Gasteiger partial charge is 0.442 e. The lowest BCUT2D eigenvalue weighted by Crippen LogP contribution is -2.61. The summed E-state index contributed by atoms with van der Waals surface area (Å²) in [5.74, 6) is 5.79. The SMILES string of the molecule is CN1C(N(N)C(=O)OC(C)(C)C)=N[C@]2(C)c3cc(N)ccc3CCC[C@H]2S1(=O)=O. The van der Waals surface area contributed by atoms with Crippen LogP contribution in [0.1, 0.15) is 51.7 Å². The molecule has 0 spiro atoms. The number of sulfonamides is 1. The van der Waals surface area contributed by atoms with Gasteiger partial charge >= 0.3 is 6.09 Å². The normalized spacial score (nSPS) is 25.9. The zero-order chi connectivity index (χ0) is 21.8. The first-order valence-electron chi connectivity index (χ1n) is 9.51. The lowest BCUT2D eigenvalue weighted by molar-refractivity contribution is 0.0354. The Kier molecular flexibility index (Phi) is 5.07. The molecule has 0 saturated carbocycles. The molecule has 0 radical (unpaired) electrons. The van der Waals surface area contributed by atoms with Crippen LogP contribution in [0.25, 0.3) is 0 Å². The summed E-state index contributed by atoms with van der Waals surface area (Å²) in [6.07, 6.45) is 0.977. The average molecular weight is 424 g/mol. The summed E-state index contributed by atoms with van der Waals surface area (Å²) in [7, 11) is -2.49. The Morgan fingerprint density at radius 3 is 2.66 bits per heavy atom. The second kappa shape index (κ2) is 6.88. The fraction of sp³-hybridized carbons (Fsp3) is 0.579. The number of guanidine groups is 1. The molecule has 0 bridgehead atoms. The number of hydrogen-bond donors (Lipinski definition) is 2. The average Bonchev–Trinajstić information content (AvgIpc) is 2.74. The van der Waals surface area contributed by atoms with Crippen LogP contribution in [0, 0.1) is 0 Å². The molecule has 1 aliphatic heterocycles. The molecule has 0 saturated heterocycles. The predicted octanol–water partition coefficient (Wildman–Crippen LogP) is 1.93. The molecular weight excluding hydrogens is 394 g/mol. The molecular formula is C19H29N5O4S.